The average Bonchev–Trinajstić information content (AvgIpc) is 2.79. The molecule has 3 atom stereocenters. The highest BCUT2D eigenvalue weighted by atomic mass is 16.5. The normalized spacial score (nSPS) is 26.2. The summed E-state index contributed by atoms with van der Waals surface area (Å²) in [6.07, 6.45) is 5.00. The van der Waals surface area contributed by atoms with Crippen molar-refractivity contribution in [2.45, 2.75) is 57.2 Å². The van der Waals surface area contributed by atoms with Crippen molar-refractivity contribution in [3.05, 3.63) is 53.1 Å². The van der Waals surface area contributed by atoms with E-state index in [9.17, 15) is 5.11 Å². The topological polar surface area (TPSA) is 51.2 Å². The molecule has 0 aromatic heterocycles. The molecule has 1 aliphatic heterocycles. The second-order valence-electron chi connectivity index (χ2n) is 9.07. The van der Waals surface area contributed by atoms with Gasteiger partial charge in [0.25, 0.3) is 0 Å². The summed E-state index contributed by atoms with van der Waals surface area (Å²) in [5.41, 5.74) is 3.08. The first-order valence-corrected chi connectivity index (χ1v) is 11.3. The highest BCUT2D eigenvalue weighted by Gasteiger charge is 2.49. The number of likely N-dealkylation sites (tertiary alicyclic amines) is 1. The van der Waals surface area contributed by atoms with E-state index in [1.165, 1.54) is 11.1 Å². The molecule has 0 unspecified atom stereocenters. The Labute approximate surface area is 185 Å². The number of aliphatic hydroxyl groups is 1. The first kappa shape index (κ1) is 22.0. The van der Waals surface area contributed by atoms with Gasteiger partial charge in [-0.1, -0.05) is 42.7 Å². The van der Waals surface area contributed by atoms with Crippen molar-refractivity contribution < 1.29 is 19.3 Å². The predicted octanol–water partition coefficient (Wildman–Crippen LogP) is 4.89. The summed E-state index contributed by atoms with van der Waals surface area (Å²) >= 11 is 0. The van der Waals surface area contributed by atoms with Crippen LogP contribution in [0.4, 0.5) is 0 Å². The molecule has 2 aromatic rings. The third-order valence-electron chi connectivity index (χ3n) is 7.21. The maximum atomic E-state index is 11.6. The lowest BCUT2D eigenvalue weighted by Crippen LogP contribution is -2.54. The lowest BCUT2D eigenvalue weighted by atomic mass is 9.66. The maximum Gasteiger partial charge on any atom is 0.203 e. The van der Waals surface area contributed by atoms with Gasteiger partial charge in [-0.2, -0.15) is 0 Å². The first-order chi connectivity index (χ1) is 15.0. The number of ether oxygens (including phenoxy) is 3. The first-order valence-electron chi connectivity index (χ1n) is 11.3. The van der Waals surface area contributed by atoms with Crippen LogP contribution in [0.3, 0.4) is 0 Å². The quantitative estimate of drug-likeness (QED) is 0.714. The molecule has 0 amide bonds. The summed E-state index contributed by atoms with van der Waals surface area (Å²) in [6.45, 7) is 3.84. The Morgan fingerprint density at radius 1 is 0.968 bits per heavy atom. The zero-order valence-electron chi connectivity index (χ0n) is 19.2. The van der Waals surface area contributed by atoms with Crippen LogP contribution in [0.1, 0.15) is 54.8 Å². The fraction of sp³-hybridized carbons (Fsp3) is 0.538. The van der Waals surface area contributed by atoms with E-state index in [-0.39, 0.29) is 12.0 Å². The van der Waals surface area contributed by atoms with E-state index in [0.717, 1.165) is 50.8 Å². The molecule has 2 aliphatic rings. The van der Waals surface area contributed by atoms with Crippen LogP contribution >= 0.6 is 0 Å². The van der Waals surface area contributed by atoms with Crippen LogP contribution in [0.5, 0.6) is 17.2 Å². The van der Waals surface area contributed by atoms with Gasteiger partial charge in [0.1, 0.15) is 0 Å². The van der Waals surface area contributed by atoms with Gasteiger partial charge in [-0.15, -0.1) is 0 Å². The van der Waals surface area contributed by atoms with Crippen LogP contribution in [0, 0.1) is 12.8 Å². The number of fused-ring (bicyclic) bond motifs is 1. The van der Waals surface area contributed by atoms with Crippen molar-refractivity contribution in [2.24, 2.45) is 5.92 Å². The number of hydrogen-bond acceptors (Lipinski definition) is 5. The van der Waals surface area contributed by atoms with Gasteiger partial charge in [-0.3, -0.25) is 4.90 Å². The van der Waals surface area contributed by atoms with Crippen molar-refractivity contribution >= 4 is 0 Å². The molecule has 2 fully saturated rings. The van der Waals surface area contributed by atoms with Crippen molar-refractivity contribution in [3.8, 4) is 17.2 Å². The standard InChI is InChI=1S/C26H35NO4/c1-18-8-10-19(11-9-18)17-27-14-13-26(28)12-6-5-7-21(26)24(27)20-15-22(29-2)25(31-4)23(16-20)30-3/h8-11,15-16,21,24,28H,5-7,12-14,17H2,1-4H3/t21-,24-,26-/m1/s1. The molecule has 1 N–H and O–H groups in total. The molecule has 168 valence electrons. The Morgan fingerprint density at radius 2 is 1.65 bits per heavy atom. The van der Waals surface area contributed by atoms with E-state index in [1.807, 2.05) is 0 Å². The largest absolute Gasteiger partial charge is 0.493 e. The summed E-state index contributed by atoms with van der Waals surface area (Å²) in [5, 5.41) is 11.6. The molecule has 0 spiro atoms. The third-order valence-corrected chi connectivity index (χ3v) is 7.21. The number of aryl methyl sites for hydroxylation is 1. The van der Waals surface area contributed by atoms with E-state index < -0.39 is 5.60 Å². The van der Waals surface area contributed by atoms with Gasteiger partial charge in [-0.05, 0) is 49.4 Å². The maximum absolute atomic E-state index is 11.6. The van der Waals surface area contributed by atoms with Gasteiger partial charge >= 0.3 is 0 Å². The van der Waals surface area contributed by atoms with Gasteiger partial charge in [0.05, 0.1) is 26.9 Å². The monoisotopic (exact) mass is 425 g/mol. The van der Waals surface area contributed by atoms with Crippen LogP contribution in [-0.2, 0) is 6.54 Å². The molecular weight excluding hydrogens is 390 g/mol. The van der Waals surface area contributed by atoms with Crippen LogP contribution in [-0.4, -0.2) is 43.5 Å². The molecule has 5 nitrogen and oxygen atoms in total. The molecule has 1 saturated carbocycles. The molecule has 0 bridgehead atoms. The summed E-state index contributed by atoms with van der Waals surface area (Å²) in [6, 6.07) is 13.0. The van der Waals surface area contributed by atoms with Gasteiger partial charge < -0.3 is 19.3 Å². The van der Waals surface area contributed by atoms with E-state index >= 15 is 0 Å². The molecule has 5 heteroatoms. The number of rotatable bonds is 6. The van der Waals surface area contributed by atoms with Gasteiger partial charge in [-0.25, -0.2) is 0 Å². The molecule has 2 aromatic carbocycles. The fourth-order valence-corrected chi connectivity index (χ4v) is 5.56. The molecule has 31 heavy (non-hydrogen) atoms. The summed E-state index contributed by atoms with van der Waals surface area (Å²) in [7, 11) is 4.94. The van der Waals surface area contributed by atoms with Crippen LogP contribution in [0.25, 0.3) is 0 Å². The Hall–Kier alpha value is -2.24. The third kappa shape index (κ3) is 4.26. The minimum absolute atomic E-state index is 0.0917. The van der Waals surface area contributed by atoms with E-state index in [4.69, 9.17) is 14.2 Å². The number of benzene rings is 2. The SMILES string of the molecule is COc1cc([C@@H]2[C@H]3CCCC[C@@]3(O)CCN2Cc2ccc(C)cc2)cc(OC)c1OC. The number of methoxy groups -OCH3 is 3. The summed E-state index contributed by atoms with van der Waals surface area (Å²) in [4.78, 5) is 2.52. The Balaban J connectivity index is 1.77. The lowest BCUT2D eigenvalue weighted by Gasteiger charge is -2.53. The average molecular weight is 426 g/mol. The van der Waals surface area contributed by atoms with E-state index in [1.54, 1.807) is 21.3 Å². The Kier molecular flexibility index (Phi) is 6.44. The van der Waals surface area contributed by atoms with Gasteiger partial charge in [0.2, 0.25) is 5.75 Å². The predicted molar refractivity (Wildman–Crippen MR) is 122 cm³/mol. The highest BCUT2D eigenvalue weighted by Crippen LogP contribution is 2.51. The Bertz CT molecular complexity index is 872. The minimum Gasteiger partial charge on any atom is -0.493 e. The number of piperidine rings is 1. The van der Waals surface area contributed by atoms with Gasteiger partial charge in [0, 0.05) is 25.0 Å². The zero-order valence-corrected chi connectivity index (χ0v) is 19.2. The molecule has 0 radical (unpaired) electrons. The van der Waals surface area contributed by atoms with Crippen LogP contribution < -0.4 is 14.2 Å². The molecule has 1 heterocycles. The van der Waals surface area contributed by atoms with Crippen molar-refractivity contribution in [1.82, 2.24) is 4.90 Å². The van der Waals surface area contributed by atoms with Crippen molar-refractivity contribution in [2.75, 3.05) is 27.9 Å². The molecule has 1 aliphatic carbocycles. The van der Waals surface area contributed by atoms with Crippen LogP contribution in [0.15, 0.2) is 36.4 Å². The highest BCUT2D eigenvalue weighted by molar-refractivity contribution is 5.54. The second kappa shape index (κ2) is 9.09. The zero-order chi connectivity index (χ0) is 22.0. The summed E-state index contributed by atoms with van der Waals surface area (Å²) in [5.74, 6) is 2.12. The van der Waals surface area contributed by atoms with E-state index in [0.29, 0.717) is 17.2 Å². The number of hydrogen-bond donors (Lipinski definition) is 1. The van der Waals surface area contributed by atoms with Crippen molar-refractivity contribution in [3.63, 3.8) is 0 Å². The van der Waals surface area contributed by atoms with Crippen LogP contribution in [0.2, 0.25) is 0 Å². The van der Waals surface area contributed by atoms with Crippen molar-refractivity contribution in [1.29, 1.82) is 0 Å². The minimum atomic E-state index is -0.604. The van der Waals surface area contributed by atoms with E-state index in [2.05, 4.69) is 48.2 Å². The fourth-order valence-electron chi connectivity index (χ4n) is 5.56. The lowest BCUT2D eigenvalue weighted by molar-refractivity contribution is -0.126. The smallest absolute Gasteiger partial charge is 0.203 e. The number of nitrogens with zero attached hydrogens (tertiary/aromatic N) is 1. The second-order valence-corrected chi connectivity index (χ2v) is 9.07. The van der Waals surface area contributed by atoms with Gasteiger partial charge in [0.15, 0.2) is 11.5 Å². The Morgan fingerprint density at radius 3 is 2.26 bits per heavy atom. The molecule has 4 rings (SSSR count). The summed E-state index contributed by atoms with van der Waals surface area (Å²) < 4.78 is 16.9. The molecular formula is C26H35NO4. The molecule has 1 saturated heterocycles.